The first-order chi connectivity index (χ1) is 15.0. The van der Waals surface area contributed by atoms with Crippen molar-refractivity contribution in [3.05, 3.63) is 84.2 Å². The number of nitrogens with zero attached hydrogens (tertiary/aromatic N) is 3. The van der Waals surface area contributed by atoms with Gasteiger partial charge in [0.25, 0.3) is 0 Å². The molecule has 0 fully saturated rings. The molecular weight excluding hydrogens is 404 g/mol. The molecule has 4 aromatic rings. The third-order valence-electron chi connectivity index (χ3n) is 5.34. The minimum atomic E-state index is -0.0702. The van der Waals surface area contributed by atoms with E-state index in [0.717, 1.165) is 11.3 Å². The maximum absolute atomic E-state index is 12.6. The highest BCUT2D eigenvalue weighted by molar-refractivity contribution is 7.99. The van der Waals surface area contributed by atoms with E-state index in [1.807, 2.05) is 23.6 Å². The highest BCUT2D eigenvalue weighted by Gasteiger charge is 2.13. The van der Waals surface area contributed by atoms with Crippen molar-refractivity contribution in [3.8, 4) is 5.69 Å². The molecule has 1 unspecified atom stereocenters. The lowest BCUT2D eigenvalue weighted by Crippen LogP contribution is -2.28. The SMILES string of the molecule is CC(C)c1ccc(-n2cnnc2SCC(=O)NC(C)c2ccc3ccccc3c2)cc1. The molecule has 0 bridgehead atoms. The van der Waals surface area contributed by atoms with Gasteiger partial charge in [-0.1, -0.05) is 74.1 Å². The summed E-state index contributed by atoms with van der Waals surface area (Å²) >= 11 is 1.38. The van der Waals surface area contributed by atoms with Crippen molar-refractivity contribution in [1.29, 1.82) is 0 Å². The molecule has 4 rings (SSSR count). The molecule has 0 radical (unpaired) electrons. The molecule has 31 heavy (non-hydrogen) atoms. The zero-order valence-corrected chi connectivity index (χ0v) is 18.8. The minimum absolute atomic E-state index is 0.0321. The van der Waals surface area contributed by atoms with Gasteiger partial charge in [-0.25, -0.2) is 0 Å². The fourth-order valence-electron chi connectivity index (χ4n) is 3.49. The second-order valence-electron chi connectivity index (χ2n) is 7.91. The third-order valence-corrected chi connectivity index (χ3v) is 6.28. The third kappa shape index (κ3) is 4.97. The number of nitrogens with one attached hydrogen (secondary N) is 1. The average molecular weight is 431 g/mol. The van der Waals surface area contributed by atoms with Crippen molar-refractivity contribution in [3.63, 3.8) is 0 Å². The standard InChI is InChI=1S/C25H26N4OS/c1-17(2)19-10-12-23(13-11-19)29-16-26-28-25(29)31-15-24(30)27-18(3)21-9-8-20-6-4-5-7-22(20)14-21/h4-14,16-18H,15H2,1-3H3,(H,27,30). The van der Waals surface area contributed by atoms with Crippen molar-refractivity contribution < 1.29 is 4.79 Å². The van der Waals surface area contributed by atoms with Gasteiger partial charge in [0.05, 0.1) is 11.8 Å². The number of hydrogen-bond donors (Lipinski definition) is 1. The molecule has 0 saturated heterocycles. The van der Waals surface area contributed by atoms with Gasteiger partial charge >= 0.3 is 0 Å². The van der Waals surface area contributed by atoms with Gasteiger partial charge in [-0.2, -0.15) is 0 Å². The Labute approximate surface area is 186 Å². The molecule has 0 aliphatic heterocycles. The van der Waals surface area contributed by atoms with Gasteiger partial charge in [0.2, 0.25) is 5.91 Å². The maximum atomic E-state index is 12.6. The fraction of sp³-hybridized carbons (Fsp3) is 0.240. The van der Waals surface area contributed by atoms with Crippen molar-refractivity contribution in [2.75, 3.05) is 5.75 Å². The zero-order valence-electron chi connectivity index (χ0n) is 17.9. The van der Waals surface area contributed by atoms with Crippen LogP contribution in [0.15, 0.2) is 78.2 Å². The molecule has 0 aliphatic rings. The van der Waals surface area contributed by atoms with Crippen molar-refractivity contribution in [2.24, 2.45) is 0 Å². The number of thioether (sulfide) groups is 1. The van der Waals surface area contributed by atoms with Gasteiger partial charge in [-0.3, -0.25) is 9.36 Å². The van der Waals surface area contributed by atoms with Gasteiger partial charge in [0.15, 0.2) is 5.16 Å². The predicted octanol–water partition coefficient (Wildman–Crippen LogP) is 5.51. The molecule has 0 aliphatic carbocycles. The Hall–Kier alpha value is -3.12. The van der Waals surface area contributed by atoms with Gasteiger partial charge in [0.1, 0.15) is 6.33 Å². The lowest BCUT2D eigenvalue weighted by Gasteiger charge is -2.15. The zero-order chi connectivity index (χ0) is 21.8. The molecule has 158 valence electrons. The van der Waals surface area contributed by atoms with E-state index in [4.69, 9.17) is 0 Å². The van der Waals surface area contributed by atoms with Crippen LogP contribution in [0.1, 0.15) is 43.9 Å². The highest BCUT2D eigenvalue weighted by atomic mass is 32.2. The number of amides is 1. The van der Waals surface area contributed by atoms with Crippen LogP contribution in [0.25, 0.3) is 16.5 Å². The molecule has 5 nitrogen and oxygen atoms in total. The Morgan fingerprint density at radius 3 is 2.42 bits per heavy atom. The molecule has 1 N–H and O–H groups in total. The number of rotatable bonds is 7. The molecule has 1 aromatic heterocycles. The van der Waals surface area contributed by atoms with Crippen LogP contribution in [0, 0.1) is 0 Å². The smallest absolute Gasteiger partial charge is 0.230 e. The van der Waals surface area contributed by atoms with Crippen molar-refractivity contribution >= 4 is 28.4 Å². The van der Waals surface area contributed by atoms with Crippen LogP contribution >= 0.6 is 11.8 Å². The van der Waals surface area contributed by atoms with Crippen LogP contribution in [0.2, 0.25) is 0 Å². The normalized spacial score (nSPS) is 12.3. The molecular formula is C25H26N4OS. The fourth-order valence-corrected chi connectivity index (χ4v) is 4.23. The van der Waals surface area contributed by atoms with Crippen molar-refractivity contribution in [1.82, 2.24) is 20.1 Å². The van der Waals surface area contributed by atoms with E-state index in [1.54, 1.807) is 6.33 Å². The second-order valence-corrected chi connectivity index (χ2v) is 8.86. The summed E-state index contributed by atoms with van der Waals surface area (Å²) in [5.41, 5.74) is 3.36. The molecule has 6 heteroatoms. The Morgan fingerprint density at radius 2 is 1.68 bits per heavy atom. The Bertz CT molecular complexity index is 1180. The number of carbonyl (C=O) groups excluding carboxylic acids is 1. The van der Waals surface area contributed by atoms with E-state index in [1.165, 1.54) is 28.1 Å². The summed E-state index contributed by atoms with van der Waals surface area (Å²) in [6, 6.07) is 22.8. The lowest BCUT2D eigenvalue weighted by atomic mass is 10.0. The Morgan fingerprint density at radius 1 is 0.968 bits per heavy atom. The molecule has 1 atom stereocenters. The average Bonchev–Trinajstić information content (AvgIpc) is 3.26. The molecule has 1 heterocycles. The molecule has 1 amide bonds. The Balaban J connectivity index is 1.38. The van der Waals surface area contributed by atoms with Crippen LogP contribution in [0.5, 0.6) is 0 Å². The van der Waals surface area contributed by atoms with E-state index < -0.39 is 0 Å². The topological polar surface area (TPSA) is 59.8 Å². The van der Waals surface area contributed by atoms with E-state index in [9.17, 15) is 4.79 Å². The van der Waals surface area contributed by atoms with Crippen LogP contribution in [0.4, 0.5) is 0 Å². The minimum Gasteiger partial charge on any atom is -0.349 e. The quantitative estimate of drug-likeness (QED) is 0.393. The molecule has 0 spiro atoms. The summed E-state index contributed by atoms with van der Waals surface area (Å²) in [6.45, 7) is 6.35. The predicted molar refractivity (Wildman–Crippen MR) is 127 cm³/mol. The number of aromatic nitrogens is 3. The summed E-state index contributed by atoms with van der Waals surface area (Å²) < 4.78 is 1.91. The summed E-state index contributed by atoms with van der Waals surface area (Å²) in [5.74, 6) is 0.730. The summed E-state index contributed by atoms with van der Waals surface area (Å²) in [7, 11) is 0. The molecule has 0 saturated carbocycles. The lowest BCUT2D eigenvalue weighted by molar-refractivity contribution is -0.119. The monoisotopic (exact) mass is 430 g/mol. The van der Waals surface area contributed by atoms with Gasteiger partial charge in [-0.15, -0.1) is 10.2 Å². The first kappa shape index (κ1) is 21.1. The van der Waals surface area contributed by atoms with E-state index in [2.05, 4.69) is 84.0 Å². The first-order valence-electron chi connectivity index (χ1n) is 10.4. The second kappa shape index (κ2) is 9.35. The first-order valence-corrected chi connectivity index (χ1v) is 11.4. The number of fused-ring (bicyclic) bond motifs is 1. The molecule has 3 aromatic carbocycles. The number of carbonyl (C=O) groups is 1. The highest BCUT2D eigenvalue weighted by Crippen LogP contribution is 2.23. The van der Waals surface area contributed by atoms with Crippen LogP contribution in [-0.4, -0.2) is 26.4 Å². The van der Waals surface area contributed by atoms with E-state index in [0.29, 0.717) is 11.1 Å². The number of hydrogen-bond acceptors (Lipinski definition) is 4. The van der Waals surface area contributed by atoms with Crippen LogP contribution < -0.4 is 5.32 Å². The summed E-state index contributed by atoms with van der Waals surface area (Å²) in [4.78, 5) is 12.6. The largest absolute Gasteiger partial charge is 0.349 e. The van der Waals surface area contributed by atoms with Crippen LogP contribution in [-0.2, 0) is 4.79 Å². The number of benzene rings is 3. The van der Waals surface area contributed by atoms with Gasteiger partial charge in [0, 0.05) is 5.69 Å². The van der Waals surface area contributed by atoms with Crippen LogP contribution in [0.3, 0.4) is 0 Å². The summed E-state index contributed by atoms with van der Waals surface area (Å²) in [5, 5.41) is 14.4. The van der Waals surface area contributed by atoms with Crippen molar-refractivity contribution in [2.45, 2.75) is 37.9 Å². The maximum Gasteiger partial charge on any atom is 0.230 e. The van der Waals surface area contributed by atoms with E-state index >= 15 is 0 Å². The van der Waals surface area contributed by atoms with E-state index in [-0.39, 0.29) is 17.7 Å². The van der Waals surface area contributed by atoms with Gasteiger partial charge < -0.3 is 5.32 Å². The Kier molecular flexibility index (Phi) is 6.37. The summed E-state index contributed by atoms with van der Waals surface area (Å²) in [6.07, 6.45) is 1.68. The van der Waals surface area contributed by atoms with Gasteiger partial charge in [-0.05, 0) is 52.9 Å².